The van der Waals surface area contributed by atoms with Crippen molar-refractivity contribution in [3.8, 4) is 0 Å². The van der Waals surface area contributed by atoms with Gasteiger partial charge < -0.3 is 9.64 Å². The fraction of sp³-hybridized carbons (Fsp3) is 0.600. The maximum absolute atomic E-state index is 12.5. The first-order chi connectivity index (χ1) is 9.22. The second kappa shape index (κ2) is 6.66. The lowest BCUT2D eigenvalue weighted by molar-refractivity contribution is -0.144. The van der Waals surface area contributed by atoms with Gasteiger partial charge in [0.2, 0.25) is 5.91 Å². The second-order valence-corrected chi connectivity index (χ2v) is 5.12. The third kappa shape index (κ3) is 3.53. The van der Waals surface area contributed by atoms with E-state index in [0.717, 1.165) is 31.4 Å². The van der Waals surface area contributed by atoms with Crippen molar-refractivity contribution < 1.29 is 9.53 Å². The number of pyridine rings is 1. The van der Waals surface area contributed by atoms with Gasteiger partial charge in [-0.05, 0) is 37.0 Å². The van der Waals surface area contributed by atoms with E-state index < -0.39 is 0 Å². The van der Waals surface area contributed by atoms with Gasteiger partial charge in [-0.2, -0.15) is 0 Å². The minimum Gasteiger partial charge on any atom is -0.377 e. The van der Waals surface area contributed by atoms with Crippen molar-refractivity contribution in [3.05, 3.63) is 30.1 Å². The molecule has 2 atom stereocenters. The number of carbonyl (C=O) groups is 1. The van der Waals surface area contributed by atoms with Crippen LogP contribution >= 0.6 is 0 Å². The lowest BCUT2D eigenvalue weighted by Gasteiger charge is -2.33. The first-order valence-corrected chi connectivity index (χ1v) is 6.98. The predicted octanol–water partition coefficient (Wildman–Crippen LogP) is 2.25. The zero-order valence-electron chi connectivity index (χ0n) is 11.7. The predicted molar refractivity (Wildman–Crippen MR) is 73.5 cm³/mol. The van der Waals surface area contributed by atoms with Gasteiger partial charge in [-0.15, -0.1) is 0 Å². The van der Waals surface area contributed by atoms with E-state index in [1.54, 1.807) is 17.3 Å². The molecule has 4 nitrogen and oxygen atoms in total. The van der Waals surface area contributed by atoms with Gasteiger partial charge in [0.1, 0.15) is 0 Å². The molecule has 0 bridgehead atoms. The summed E-state index contributed by atoms with van der Waals surface area (Å²) in [4.78, 5) is 18.3. The van der Waals surface area contributed by atoms with E-state index in [9.17, 15) is 4.79 Å². The smallest absolute Gasteiger partial charge is 0.228 e. The average molecular weight is 262 g/mol. The molecule has 1 fully saturated rings. The number of rotatable bonds is 4. The maximum atomic E-state index is 12.5. The fourth-order valence-electron chi connectivity index (χ4n) is 2.65. The van der Waals surface area contributed by atoms with Crippen LogP contribution in [0.15, 0.2) is 24.5 Å². The molecule has 1 saturated heterocycles. The largest absolute Gasteiger partial charge is 0.377 e. The minimum absolute atomic E-state index is 0.0191. The number of aromatic nitrogens is 1. The summed E-state index contributed by atoms with van der Waals surface area (Å²) >= 11 is 0. The van der Waals surface area contributed by atoms with Crippen molar-refractivity contribution in [2.45, 2.75) is 38.8 Å². The molecule has 0 radical (unpaired) electrons. The summed E-state index contributed by atoms with van der Waals surface area (Å²) in [5.41, 5.74) is 1.11. The van der Waals surface area contributed by atoms with Crippen LogP contribution in [0.4, 0.5) is 0 Å². The number of carbonyl (C=O) groups excluding carboxylic acids is 1. The molecule has 0 aromatic carbocycles. The van der Waals surface area contributed by atoms with E-state index in [1.807, 2.05) is 19.2 Å². The Kier molecular flexibility index (Phi) is 4.91. The average Bonchev–Trinajstić information content (AvgIpc) is 2.47. The number of nitrogens with zero attached hydrogens (tertiary/aromatic N) is 2. The Morgan fingerprint density at radius 1 is 1.47 bits per heavy atom. The van der Waals surface area contributed by atoms with Crippen LogP contribution in [0, 0.1) is 5.92 Å². The molecule has 104 valence electrons. The van der Waals surface area contributed by atoms with Gasteiger partial charge >= 0.3 is 0 Å². The zero-order valence-corrected chi connectivity index (χ0v) is 11.7. The molecule has 0 spiro atoms. The molecule has 2 heterocycles. The standard InChI is InChI=1S/C15H22N2O2/c1-3-14-13(5-4-10-19-14)15(18)17(2)11-12-6-8-16-9-7-12/h6-9,13-14H,3-5,10-11H2,1-2H3/t13-,14+/m1/s1. The number of amides is 1. The van der Waals surface area contributed by atoms with Crippen LogP contribution in [0.25, 0.3) is 0 Å². The quantitative estimate of drug-likeness (QED) is 0.835. The zero-order chi connectivity index (χ0) is 13.7. The first-order valence-electron chi connectivity index (χ1n) is 6.98. The Balaban J connectivity index is 1.98. The van der Waals surface area contributed by atoms with Gasteiger partial charge in [0.05, 0.1) is 12.0 Å². The summed E-state index contributed by atoms with van der Waals surface area (Å²) in [6.07, 6.45) is 6.42. The summed E-state index contributed by atoms with van der Waals surface area (Å²) < 4.78 is 5.70. The monoisotopic (exact) mass is 262 g/mol. The first kappa shape index (κ1) is 14.0. The topological polar surface area (TPSA) is 42.4 Å². The van der Waals surface area contributed by atoms with Crippen molar-refractivity contribution >= 4 is 5.91 Å². The SMILES string of the molecule is CC[C@@H]1OCCC[C@H]1C(=O)N(C)Cc1ccncc1. The van der Waals surface area contributed by atoms with Gasteiger partial charge in [0.25, 0.3) is 0 Å². The summed E-state index contributed by atoms with van der Waals surface area (Å²) in [5, 5.41) is 0. The molecule has 0 aliphatic carbocycles. The summed E-state index contributed by atoms with van der Waals surface area (Å²) in [5.74, 6) is 0.217. The maximum Gasteiger partial charge on any atom is 0.228 e. The van der Waals surface area contributed by atoms with Crippen LogP contribution in [0.1, 0.15) is 31.7 Å². The molecule has 1 amide bonds. The van der Waals surface area contributed by atoms with Crippen molar-refractivity contribution in [3.63, 3.8) is 0 Å². The lowest BCUT2D eigenvalue weighted by atomic mass is 9.91. The lowest BCUT2D eigenvalue weighted by Crippen LogP contribution is -2.41. The summed E-state index contributed by atoms with van der Waals surface area (Å²) in [6.45, 7) is 3.50. The molecular weight excluding hydrogens is 240 g/mol. The third-order valence-corrected chi connectivity index (χ3v) is 3.71. The second-order valence-electron chi connectivity index (χ2n) is 5.12. The van der Waals surface area contributed by atoms with E-state index in [0.29, 0.717) is 6.54 Å². The van der Waals surface area contributed by atoms with Crippen LogP contribution in [0.2, 0.25) is 0 Å². The minimum atomic E-state index is 0.0191. The molecule has 0 unspecified atom stereocenters. The van der Waals surface area contributed by atoms with Gasteiger partial charge in [-0.25, -0.2) is 0 Å². The summed E-state index contributed by atoms with van der Waals surface area (Å²) in [7, 11) is 1.87. The molecule has 4 heteroatoms. The van der Waals surface area contributed by atoms with E-state index >= 15 is 0 Å². The molecule has 1 aromatic heterocycles. The van der Waals surface area contributed by atoms with Crippen molar-refractivity contribution in [2.75, 3.05) is 13.7 Å². The van der Waals surface area contributed by atoms with E-state index in [-0.39, 0.29) is 17.9 Å². The Morgan fingerprint density at radius 3 is 2.89 bits per heavy atom. The van der Waals surface area contributed by atoms with E-state index in [2.05, 4.69) is 11.9 Å². The molecule has 2 rings (SSSR count). The highest BCUT2D eigenvalue weighted by Gasteiger charge is 2.32. The normalized spacial score (nSPS) is 23.1. The van der Waals surface area contributed by atoms with Crippen LogP contribution in [-0.4, -0.2) is 35.5 Å². The summed E-state index contributed by atoms with van der Waals surface area (Å²) in [6, 6.07) is 3.89. The van der Waals surface area contributed by atoms with Crippen LogP contribution in [-0.2, 0) is 16.1 Å². The molecular formula is C15H22N2O2. The van der Waals surface area contributed by atoms with Gasteiger partial charge in [0.15, 0.2) is 0 Å². The third-order valence-electron chi connectivity index (χ3n) is 3.71. The van der Waals surface area contributed by atoms with Crippen LogP contribution in [0.3, 0.4) is 0 Å². The van der Waals surface area contributed by atoms with Crippen LogP contribution < -0.4 is 0 Å². The van der Waals surface area contributed by atoms with Crippen molar-refractivity contribution in [1.29, 1.82) is 0 Å². The van der Waals surface area contributed by atoms with Gasteiger partial charge in [-0.3, -0.25) is 9.78 Å². The van der Waals surface area contributed by atoms with Gasteiger partial charge in [-0.1, -0.05) is 6.92 Å². The van der Waals surface area contributed by atoms with E-state index in [4.69, 9.17) is 4.74 Å². The highest BCUT2D eigenvalue weighted by atomic mass is 16.5. The highest BCUT2D eigenvalue weighted by Crippen LogP contribution is 2.25. The Hall–Kier alpha value is -1.42. The molecule has 1 aliphatic heterocycles. The number of hydrogen-bond donors (Lipinski definition) is 0. The number of ether oxygens (including phenoxy) is 1. The molecule has 0 N–H and O–H groups in total. The molecule has 19 heavy (non-hydrogen) atoms. The molecule has 1 aromatic rings. The Morgan fingerprint density at radius 2 is 2.21 bits per heavy atom. The highest BCUT2D eigenvalue weighted by molar-refractivity contribution is 5.79. The Labute approximate surface area is 114 Å². The fourth-order valence-corrected chi connectivity index (χ4v) is 2.65. The Bertz CT molecular complexity index is 408. The number of hydrogen-bond acceptors (Lipinski definition) is 3. The molecule has 1 aliphatic rings. The van der Waals surface area contributed by atoms with E-state index in [1.165, 1.54) is 0 Å². The van der Waals surface area contributed by atoms with Gasteiger partial charge in [0, 0.05) is 32.6 Å². The van der Waals surface area contributed by atoms with Crippen molar-refractivity contribution in [2.24, 2.45) is 5.92 Å². The van der Waals surface area contributed by atoms with Crippen LogP contribution in [0.5, 0.6) is 0 Å². The molecule has 0 saturated carbocycles. The van der Waals surface area contributed by atoms with Crippen molar-refractivity contribution in [1.82, 2.24) is 9.88 Å².